The summed E-state index contributed by atoms with van der Waals surface area (Å²) >= 11 is 2.19. The van der Waals surface area contributed by atoms with E-state index >= 15 is 0 Å². The average Bonchev–Trinajstić information content (AvgIpc) is 2.44. The summed E-state index contributed by atoms with van der Waals surface area (Å²) in [6.45, 7) is 6.54. The van der Waals surface area contributed by atoms with Crippen LogP contribution in [0.2, 0.25) is 0 Å². The van der Waals surface area contributed by atoms with Gasteiger partial charge in [-0.3, -0.25) is 10.1 Å². The molecule has 1 aromatic carbocycles. The number of anilines is 1. The van der Waals surface area contributed by atoms with E-state index < -0.39 is 4.92 Å². The summed E-state index contributed by atoms with van der Waals surface area (Å²) in [5.74, 6) is 1.26. The van der Waals surface area contributed by atoms with E-state index in [1.54, 1.807) is 6.07 Å². The minimum atomic E-state index is -0.409. The van der Waals surface area contributed by atoms with Crippen LogP contribution < -0.4 is 5.32 Å². The fraction of sp³-hybridized carbons (Fsp3) is 0.286. The quantitative estimate of drug-likeness (QED) is 0.483. The van der Waals surface area contributed by atoms with Crippen molar-refractivity contribution in [1.29, 1.82) is 0 Å². The molecule has 6 nitrogen and oxygen atoms in total. The predicted octanol–water partition coefficient (Wildman–Crippen LogP) is 3.71. The van der Waals surface area contributed by atoms with Gasteiger partial charge in [0, 0.05) is 24.2 Å². The third kappa shape index (κ3) is 3.29. The lowest BCUT2D eigenvalue weighted by Crippen LogP contribution is -2.06. The number of non-ortho nitro benzene ring substituents is 1. The molecule has 0 aliphatic heterocycles. The van der Waals surface area contributed by atoms with Gasteiger partial charge in [-0.25, -0.2) is 9.97 Å². The van der Waals surface area contributed by atoms with Crippen LogP contribution in [0.15, 0.2) is 18.2 Å². The van der Waals surface area contributed by atoms with Crippen LogP contribution in [0, 0.1) is 27.5 Å². The Bertz CT molecular complexity index is 704. The van der Waals surface area contributed by atoms with Gasteiger partial charge in [0.15, 0.2) is 5.82 Å². The van der Waals surface area contributed by atoms with Gasteiger partial charge in [-0.2, -0.15) is 0 Å². The van der Waals surface area contributed by atoms with Crippen molar-refractivity contribution in [3.05, 3.63) is 43.1 Å². The molecule has 2 aromatic rings. The molecule has 21 heavy (non-hydrogen) atoms. The highest BCUT2D eigenvalue weighted by Gasteiger charge is 2.15. The molecule has 0 radical (unpaired) electrons. The fourth-order valence-electron chi connectivity index (χ4n) is 1.93. The SMILES string of the molecule is CCNc1nc(-c2cc([N+](=O)[O-])ccc2C)nc(C)c1I. The monoisotopic (exact) mass is 398 g/mol. The van der Waals surface area contributed by atoms with Crippen LogP contribution in [-0.2, 0) is 0 Å². The summed E-state index contributed by atoms with van der Waals surface area (Å²) in [5.41, 5.74) is 2.48. The summed E-state index contributed by atoms with van der Waals surface area (Å²) in [4.78, 5) is 19.5. The zero-order valence-electron chi connectivity index (χ0n) is 12.0. The maximum Gasteiger partial charge on any atom is 0.270 e. The van der Waals surface area contributed by atoms with Crippen molar-refractivity contribution < 1.29 is 4.92 Å². The first kappa shape index (κ1) is 15.6. The molecule has 1 N–H and O–H groups in total. The maximum atomic E-state index is 10.9. The van der Waals surface area contributed by atoms with Crippen LogP contribution in [0.1, 0.15) is 18.2 Å². The topological polar surface area (TPSA) is 81.0 Å². The molecule has 0 fully saturated rings. The smallest absolute Gasteiger partial charge is 0.270 e. The molecular formula is C14H15IN4O2. The lowest BCUT2D eigenvalue weighted by Gasteiger charge is -2.11. The number of aryl methyl sites for hydroxylation is 2. The molecule has 0 aliphatic rings. The Hall–Kier alpha value is -1.77. The molecule has 0 aliphatic carbocycles. The number of nitro benzene ring substituents is 1. The standard InChI is InChI=1S/C14H15IN4O2/c1-4-16-14-12(15)9(3)17-13(18-14)11-7-10(19(20)21)6-5-8(11)2/h5-7H,4H2,1-3H3,(H,16,17,18). The lowest BCUT2D eigenvalue weighted by molar-refractivity contribution is -0.384. The van der Waals surface area contributed by atoms with Gasteiger partial charge < -0.3 is 5.32 Å². The number of hydrogen-bond acceptors (Lipinski definition) is 5. The summed E-state index contributed by atoms with van der Waals surface area (Å²) in [7, 11) is 0. The highest BCUT2D eigenvalue weighted by molar-refractivity contribution is 14.1. The van der Waals surface area contributed by atoms with Crippen molar-refractivity contribution in [2.45, 2.75) is 20.8 Å². The number of halogens is 1. The zero-order valence-corrected chi connectivity index (χ0v) is 14.1. The minimum Gasteiger partial charge on any atom is -0.369 e. The number of rotatable bonds is 4. The van der Waals surface area contributed by atoms with Crippen LogP contribution >= 0.6 is 22.6 Å². The molecule has 0 spiro atoms. The second-order valence-electron chi connectivity index (χ2n) is 4.58. The second-order valence-corrected chi connectivity index (χ2v) is 5.66. The minimum absolute atomic E-state index is 0.0420. The highest BCUT2D eigenvalue weighted by atomic mass is 127. The number of nitrogens with zero attached hydrogens (tertiary/aromatic N) is 3. The van der Waals surface area contributed by atoms with Crippen LogP contribution in [0.3, 0.4) is 0 Å². The maximum absolute atomic E-state index is 10.9. The lowest BCUT2D eigenvalue weighted by atomic mass is 10.1. The molecule has 0 saturated heterocycles. The van der Waals surface area contributed by atoms with Gasteiger partial charge >= 0.3 is 0 Å². The van der Waals surface area contributed by atoms with Crippen LogP contribution in [0.4, 0.5) is 11.5 Å². The van der Waals surface area contributed by atoms with E-state index in [4.69, 9.17) is 0 Å². The average molecular weight is 398 g/mol. The molecule has 7 heteroatoms. The van der Waals surface area contributed by atoms with E-state index in [1.807, 2.05) is 20.8 Å². The second kappa shape index (κ2) is 6.33. The Morgan fingerprint density at radius 2 is 2.05 bits per heavy atom. The van der Waals surface area contributed by atoms with Crippen LogP contribution in [0.5, 0.6) is 0 Å². The van der Waals surface area contributed by atoms with E-state index in [9.17, 15) is 10.1 Å². The molecule has 110 valence electrons. The first-order valence-electron chi connectivity index (χ1n) is 6.47. The normalized spacial score (nSPS) is 10.5. The molecule has 0 unspecified atom stereocenters. The third-order valence-corrected chi connectivity index (χ3v) is 4.33. The van der Waals surface area contributed by atoms with Gasteiger partial charge in [0.1, 0.15) is 5.82 Å². The van der Waals surface area contributed by atoms with E-state index in [2.05, 4.69) is 37.9 Å². The molecule has 0 atom stereocenters. The molecule has 0 bridgehead atoms. The number of nitro groups is 1. The molecule has 0 saturated carbocycles. The van der Waals surface area contributed by atoms with Gasteiger partial charge in [0.2, 0.25) is 0 Å². The van der Waals surface area contributed by atoms with Crippen molar-refractivity contribution >= 4 is 34.1 Å². The van der Waals surface area contributed by atoms with Gasteiger partial charge in [-0.15, -0.1) is 0 Å². The Labute approximate surface area is 136 Å². The fourth-order valence-corrected chi connectivity index (χ4v) is 2.36. The first-order valence-corrected chi connectivity index (χ1v) is 7.55. The number of hydrogen-bond donors (Lipinski definition) is 1. The van der Waals surface area contributed by atoms with Crippen molar-refractivity contribution in [3.8, 4) is 11.4 Å². The number of nitrogens with one attached hydrogen (secondary N) is 1. The van der Waals surface area contributed by atoms with Crippen molar-refractivity contribution in [2.75, 3.05) is 11.9 Å². The van der Waals surface area contributed by atoms with Gasteiger partial charge in [-0.1, -0.05) is 6.07 Å². The van der Waals surface area contributed by atoms with Gasteiger partial charge in [0.05, 0.1) is 14.2 Å². The molecule has 1 heterocycles. The summed E-state index contributed by atoms with van der Waals surface area (Å²) in [5, 5.41) is 14.1. The van der Waals surface area contributed by atoms with Crippen molar-refractivity contribution in [1.82, 2.24) is 9.97 Å². The van der Waals surface area contributed by atoms with Gasteiger partial charge in [-0.05, 0) is 48.9 Å². The van der Waals surface area contributed by atoms with E-state index in [0.717, 1.165) is 27.2 Å². The Kier molecular flexibility index (Phi) is 4.71. The zero-order chi connectivity index (χ0) is 15.6. The first-order chi connectivity index (χ1) is 9.93. The van der Waals surface area contributed by atoms with E-state index in [-0.39, 0.29) is 5.69 Å². The van der Waals surface area contributed by atoms with Crippen molar-refractivity contribution in [2.24, 2.45) is 0 Å². The van der Waals surface area contributed by atoms with Crippen LogP contribution in [-0.4, -0.2) is 21.4 Å². The molecular weight excluding hydrogens is 383 g/mol. The summed E-state index contributed by atoms with van der Waals surface area (Å²) < 4.78 is 0.960. The molecule has 2 rings (SSSR count). The summed E-state index contributed by atoms with van der Waals surface area (Å²) in [6.07, 6.45) is 0. The highest BCUT2D eigenvalue weighted by Crippen LogP contribution is 2.28. The van der Waals surface area contributed by atoms with Crippen molar-refractivity contribution in [3.63, 3.8) is 0 Å². The Morgan fingerprint density at radius 3 is 2.67 bits per heavy atom. The Morgan fingerprint density at radius 1 is 1.33 bits per heavy atom. The van der Waals surface area contributed by atoms with Crippen LogP contribution in [0.25, 0.3) is 11.4 Å². The third-order valence-electron chi connectivity index (χ3n) is 3.03. The molecule has 1 aromatic heterocycles. The number of benzene rings is 1. The number of aromatic nitrogens is 2. The van der Waals surface area contributed by atoms with E-state index in [0.29, 0.717) is 11.4 Å². The molecule has 0 amide bonds. The van der Waals surface area contributed by atoms with E-state index in [1.165, 1.54) is 12.1 Å². The Balaban J connectivity index is 2.61. The largest absolute Gasteiger partial charge is 0.369 e. The predicted molar refractivity (Wildman–Crippen MR) is 90.5 cm³/mol. The summed E-state index contributed by atoms with van der Waals surface area (Å²) in [6, 6.07) is 4.73. The van der Waals surface area contributed by atoms with Gasteiger partial charge in [0.25, 0.3) is 5.69 Å².